The first-order chi connectivity index (χ1) is 10.1. The summed E-state index contributed by atoms with van der Waals surface area (Å²) in [4.78, 5) is 23.3. The second kappa shape index (κ2) is 6.70. The molecule has 108 valence electrons. The van der Waals surface area contributed by atoms with Crippen LogP contribution in [-0.4, -0.2) is 16.9 Å². The number of Topliss-reactive ketones (excluding diaryl/α,β-unsaturated/α-hetero) is 1. The molecule has 21 heavy (non-hydrogen) atoms. The molecule has 0 unspecified atom stereocenters. The van der Waals surface area contributed by atoms with E-state index in [9.17, 15) is 14.7 Å². The molecule has 0 heterocycles. The molecule has 0 fully saturated rings. The number of carboxylic acids is 1. The number of hydrogen-bond donors (Lipinski definition) is 1. The standard InChI is InChI=1S/C17H16O4/c1-2-15(18)13-9-6-10-14(17(19)20)16(13)21-11-12-7-4-3-5-8-12/h3-10H,2,11H2,1H3,(H,19,20). The molecule has 4 heteroatoms. The minimum Gasteiger partial charge on any atom is -0.487 e. The van der Waals surface area contributed by atoms with Crippen LogP contribution in [0.4, 0.5) is 0 Å². The third-order valence-corrected chi connectivity index (χ3v) is 3.09. The van der Waals surface area contributed by atoms with E-state index in [0.29, 0.717) is 12.0 Å². The molecule has 0 saturated carbocycles. The summed E-state index contributed by atoms with van der Waals surface area (Å²) < 4.78 is 5.64. The first-order valence-electron chi connectivity index (χ1n) is 6.69. The van der Waals surface area contributed by atoms with Crippen LogP contribution in [0.25, 0.3) is 0 Å². The summed E-state index contributed by atoms with van der Waals surface area (Å²) in [5.74, 6) is -1.11. The van der Waals surface area contributed by atoms with Gasteiger partial charge < -0.3 is 9.84 Å². The molecular formula is C17H16O4. The molecule has 0 amide bonds. The highest BCUT2D eigenvalue weighted by atomic mass is 16.5. The normalized spacial score (nSPS) is 10.1. The average Bonchev–Trinajstić information content (AvgIpc) is 2.52. The van der Waals surface area contributed by atoms with Crippen molar-refractivity contribution < 1.29 is 19.4 Å². The van der Waals surface area contributed by atoms with Gasteiger partial charge in [-0.1, -0.05) is 43.3 Å². The number of ketones is 1. The summed E-state index contributed by atoms with van der Waals surface area (Å²) in [6.45, 7) is 1.95. The summed E-state index contributed by atoms with van der Waals surface area (Å²) >= 11 is 0. The topological polar surface area (TPSA) is 63.6 Å². The van der Waals surface area contributed by atoms with Crippen molar-refractivity contribution in [3.05, 3.63) is 65.2 Å². The van der Waals surface area contributed by atoms with E-state index in [1.165, 1.54) is 6.07 Å². The molecular weight excluding hydrogens is 268 g/mol. The van der Waals surface area contributed by atoms with Crippen LogP contribution in [0.15, 0.2) is 48.5 Å². The lowest BCUT2D eigenvalue weighted by Crippen LogP contribution is -2.09. The molecule has 0 saturated heterocycles. The van der Waals surface area contributed by atoms with Crippen LogP contribution in [0.5, 0.6) is 5.75 Å². The lowest BCUT2D eigenvalue weighted by molar-refractivity contribution is 0.0691. The Morgan fingerprint density at radius 3 is 2.29 bits per heavy atom. The van der Waals surface area contributed by atoms with Crippen molar-refractivity contribution in [2.75, 3.05) is 0 Å². The van der Waals surface area contributed by atoms with Gasteiger partial charge in [0.15, 0.2) is 5.78 Å². The molecule has 2 aromatic rings. The average molecular weight is 284 g/mol. The number of hydrogen-bond acceptors (Lipinski definition) is 3. The Morgan fingerprint density at radius 1 is 1.00 bits per heavy atom. The van der Waals surface area contributed by atoms with E-state index < -0.39 is 5.97 Å². The molecule has 4 nitrogen and oxygen atoms in total. The summed E-state index contributed by atoms with van der Waals surface area (Å²) in [6.07, 6.45) is 0.296. The molecule has 0 radical (unpaired) electrons. The number of rotatable bonds is 6. The fourth-order valence-electron chi connectivity index (χ4n) is 2.00. The number of carbonyl (C=O) groups excluding carboxylic acids is 1. The highest BCUT2D eigenvalue weighted by Crippen LogP contribution is 2.26. The van der Waals surface area contributed by atoms with Crippen molar-refractivity contribution in [2.24, 2.45) is 0 Å². The van der Waals surface area contributed by atoms with E-state index in [1.807, 2.05) is 30.3 Å². The van der Waals surface area contributed by atoms with Crippen LogP contribution in [0.2, 0.25) is 0 Å². The Balaban J connectivity index is 2.35. The number of aromatic carboxylic acids is 1. The highest BCUT2D eigenvalue weighted by molar-refractivity contribution is 6.02. The molecule has 0 aliphatic carbocycles. The van der Waals surface area contributed by atoms with Crippen molar-refractivity contribution in [3.8, 4) is 5.75 Å². The van der Waals surface area contributed by atoms with Gasteiger partial charge in [0.25, 0.3) is 0 Å². The zero-order chi connectivity index (χ0) is 15.2. The van der Waals surface area contributed by atoms with Gasteiger partial charge >= 0.3 is 5.97 Å². The van der Waals surface area contributed by atoms with Gasteiger partial charge in [-0.3, -0.25) is 4.79 Å². The van der Waals surface area contributed by atoms with Crippen LogP contribution in [0, 0.1) is 0 Å². The van der Waals surface area contributed by atoms with Crippen molar-refractivity contribution in [2.45, 2.75) is 20.0 Å². The second-order valence-electron chi connectivity index (χ2n) is 4.54. The summed E-state index contributed by atoms with van der Waals surface area (Å²) in [6, 6.07) is 14.0. The maximum atomic E-state index is 11.9. The van der Waals surface area contributed by atoms with Crippen LogP contribution in [-0.2, 0) is 6.61 Å². The quantitative estimate of drug-likeness (QED) is 0.824. The van der Waals surface area contributed by atoms with Gasteiger partial charge in [0, 0.05) is 6.42 Å². The van der Waals surface area contributed by atoms with Crippen LogP contribution in [0.3, 0.4) is 0 Å². The molecule has 1 N–H and O–H groups in total. The number of carbonyl (C=O) groups is 2. The first-order valence-corrected chi connectivity index (χ1v) is 6.69. The first kappa shape index (κ1) is 14.8. The molecule has 0 aliphatic rings. The minimum atomic E-state index is -1.11. The van der Waals surface area contributed by atoms with E-state index in [0.717, 1.165) is 5.56 Å². The second-order valence-corrected chi connectivity index (χ2v) is 4.54. The van der Waals surface area contributed by atoms with Crippen molar-refractivity contribution >= 4 is 11.8 Å². The maximum Gasteiger partial charge on any atom is 0.339 e. The molecule has 2 rings (SSSR count). The number of para-hydroxylation sites is 1. The predicted molar refractivity (Wildman–Crippen MR) is 78.8 cm³/mol. The smallest absolute Gasteiger partial charge is 0.339 e. The van der Waals surface area contributed by atoms with E-state index in [1.54, 1.807) is 19.1 Å². The van der Waals surface area contributed by atoms with Crippen molar-refractivity contribution in [1.29, 1.82) is 0 Å². The molecule has 0 aliphatic heterocycles. The fourth-order valence-corrected chi connectivity index (χ4v) is 2.00. The lowest BCUT2D eigenvalue weighted by Gasteiger charge is -2.13. The Hall–Kier alpha value is -2.62. The Bertz CT molecular complexity index is 647. The summed E-state index contributed by atoms with van der Waals surface area (Å²) in [5, 5.41) is 9.25. The van der Waals surface area contributed by atoms with Gasteiger partial charge in [-0.15, -0.1) is 0 Å². The Morgan fingerprint density at radius 2 is 1.67 bits per heavy atom. The van der Waals surface area contributed by atoms with E-state index in [4.69, 9.17) is 4.74 Å². The van der Waals surface area contributed by atoms with E-state index >= 15 is 0 Å². The third-order valence-electron chi connectivity index (χ3n) is 3.09. The van der Waals surface area contributed by atoms with Crippen molar-refractivity contribution in [1.82, 2.24) is 0 Å². The predicted octanol–water partition coefficient (Wildman–Crippen LogP) is 3.56. The van der Waals surface area contributed by atoms with E-state index in [-0.39, 0.29) is 23.7 Å². The van der Waals surface area contributed by atoms with Crippen LogP contribution in [0.1, 0.15) is 39.6 Å². The van der Waals surface area contributed by atoms with E-state index in [2.05, 4.69) is 0 Å². The van der Waals surface area contributed by atoms with Crippen LogP contribution >= 0.6 is 0 Å². The Labute approximate surface area is 123 Å². The van der Waals surface area contributed by atoms with Gasteiger partial charge in [0.2, 0.25) is 0 Å². The van der Waals surface area contributed by atoms with Crippen LogP contribution < -0.4 is 4.74 Å². The number of benzene rings is 2. The fraction of sp³-hybridized carbons (Fsp3) is 0.176. The van der Waals surface area contributed by atoms with Gasteiger partial charge in [0.05, 0.1) is 5.56 Å². The molecule has 0 spiro atoms. The monoisotopic (exact) mass is 284 g/mol. The van der Waals surface area contributed by atoms with Gasteiger partial charge in [-0.25, -0.2) is 4.79 Å². The zero-order valence-corrected chi connectivity index (χ0v) is 11.7. The maximum absolute atomic E-state index is 11.9. The Kier molecular flexibility index (Phi) is 4.72. The molecule has 0 atom stereocenters. The minimum absolute atomic E-state index is 0.00484. The van der Waals surface area contributed by atoms with Gasteiger partial charge in [0.1, 0.15) is 17.9 Å². The SMILES string of the molecule is CCC(=O)c1cccc(C(=O)O)c1OCc1ccccc1. The molecule has 0 aromatic heterocycles. The number of carboxylic acid groups (broad SMARTS) is 1. The van der Waals surface area contributed by atoms with Gasteiger partial charge in [-0.05, 0) is 17.7 Å². The number of ether oxygens (including phenoxy) is 1. The third kappa shape index (κ3) is 3.48. The largest absolute Gasteiger partial charge is 0.487 e. The molecule has 2 aromatic carbocycles. The lowest BCUT2D eigenvalue weighted by atomic mass is 10.0. The van der Waals surface area contributed by atoms with Crippen molar-refractivity contribution in [3.63, 3.8) is 0 Å². The summed E-state index contributed by atoms with van der Waals surface area (Å²) in [7, 11) is 0. The van der Waals surface area contributed by atoms with Gasteiger partial charge in [-0.2, -0.15) is 0 Å². The molecule has 0 bridgehead atoms. The summed E-state index contributed by atoms with van der Waals surface area (Å²) in [5.41, 5.74) is 1.23. The highest BCUT2D eigenvalue weighted by Gasteiger charge is 2.19. The zero-order valence-electron chi connectivity index (χ0n) is 11.7.